The van der Waals surface area contributed by atoms with E-state index in [4.69, 9.17) is 0 Å². The molecule has 1 aliphatic carbocycles. The van der Waals surface area contributed by atoms with Gasteiger partial charge in [-0.05, 0) is 55.9 Å². The average Bonchev–Trinajstić information content (AvgIpc) is 3.06. The van der Waals surface area contributed by atoms with Gasteiger partial charge in [-0.3, -0.25) is 4.79 Å². The molecule has 1 N–H and O–H groups in total. The first-order valence-corrected chi connectivity index (χ1v) is 8.72. The summed E-state index contributed by atoms with van der Waals surface area (Å²) in [6.45, 7) is 0.606. The van der Waals surface area contributed by atoms with Crippen LogP contribution in [0.5, 0.6) is 0 Å². The molecule has 1 aromatic carbocycles. The predicted molar refractivity (Wildman–Crippen MR) is 88.1 cm³/mol. The lowest BCUT2D eigenvalue weighted by atomic mass is 9.77. The fraction of sp³-hybridized carbons (Fsp3) is 0.579. The Morgan fingerprint density at radius 3 is 2.39 bits per heavy atom. The van der Waals surface area contributed by atoms with Gasteiger partial charge in [-0.2, -0.15) is 0 Å². The van der Waals surface area contributed by atoms with E-state index in [2.05, 4.69) is 24.3 Å². The van der Waals surface area contributed by atoms with Gasteiger partial charge in [0, 0.05) is 13.0 Å². The minimum Gasteiger partial charge on any atom is -0.480 e. The molecule has 3 rings (SSSR count). The van der Waals surface area contributed by atoms with Crippen LogP contribution in [-0.2, 0) is 9.59 Å². The highest BCUT2D eigenvalue weighted by molar-refractivity contribution is 5.84. The van der Waals surface area contributed by atoms with E-state index in [-0.39, 0.29) is 5.91 Å². The van der Waals surface area contributed by atoms with Crippen LogP contribution < -0.4 is 0 Å². The van der Waals surface area contributed by atoms with Crippen LogP contribution >= 0.6 is 0 Å². The van der Waals surface area contributed by atoms with Gasteiger partial charge in [-0.1, -0.05) is 30.3 Å². The molecule has 1 heterocycles. The number of rotatable bonds is 4. The molecule has 4 heteroatoms. The lowest BCUT2D eigenvalue weighted by Gasteiger charge is -2.30. The van der Waals surface area contributed by atoms with Gasteiger partial charge in [0.2, 0.25) is 5.91 Å². The van der Waals surface area contributed by atoms with Gasteiger partial charge in [0.25, 0.3) is 0 Å². The van der Waals surface area contributed by atoms with Gasteiger partial charge in [-0.15, -0.1) is 0 Å². The van der Waals surface area contributed by atoms with Crippen molar-refractivity contribution in [2.45, 2.75) is 56.9 Å². The van der Waals surface area contributed by atoms with Gasteiger partial charge in [0.15, 0.2) is 0 Å². The number of nitrogens with zero attached hydrogens (tertiary/aromatic N) is 1. The third-order valence-electron chi connectivity index (χ3n) is 5.44. The molecule has 2 fully saturated rings. The van der Waals surface area contributed by atoms with Crippen molar-refractivity contribution in [2.24, 2.45) is 5.92 Å². The minimum atomic E-state index is -0.858. The maximum atomic E-state index is 12.4. The fourth-order valence-electron chi connectivity index (χ4n) is 4.11. The van der Waals surface area contributed by atoms with E-state index in [0.29, 0.717) is 31.2 Å². The van der Waals surface area contributed by atoms with E-state index >= 15 is 0 Å². The van der Waals surface area contributed by atoms with E-state index < -0.39 is 12.0 Å². The van der Waals surface area contributed by atoms with E-state index in [0.717, 1.165) is 32.1 Å². The standard InChI is InChI=1S/C19H25NO3/c21-18(20-12-4-7-17(20)19(22)23)13-14-8-10-16(11-9-14)15-5-2-1-3-6-15/h1-3,5-6,14,16-17H,4,7-13H2,(H,22,23)/t14?,16?,17-/m0/s1. The summed E-state index contributed by atoms with van der Waals surface area (Å²) < 4.78 is 0. The van der Waals surface area contributed by atoms with Crippen LogP contribution in [0, 0.1) is 5.92 Å². The van der Waals surface area contributed by atoms with Gasteiger partial charge in [0.1, 0.15) is 6.04 Å². The third kappa shape index (κ3) is 3.74. The normalized spacial score (nSPS) is 27.8. The van der Waals surface area contributed by atoms with Crippen molar-refractivity contribution < 1.29 is 14.7 Å². The van der Waals surface area contributed by atoms with Crippen molar-refractivity contribution in [3.8, 4) is 0 Å². The molecule has 0 bridgehead atoms. The van der Waals surface area contributed by atoms with E-state index in [9.17, 15) is 14.7 Å². The number of carboxylic acids is 1. The monoisotopic (exact) mass is 315 g/mol. The lowest BCUT2D eigenvalue weighted by molar-refractivity contribution is -0.148. The van der Waals surface area contributed by atoms with Gasteiger partial charge in [0.05, 0.1) is 0 Å². The Labute approximate surface area is 137 Å². The number of aliphatic carboxylic acids is 1. The molecule has 124 valence electrons. The molecular formula is C19H25NO3. The first-order valence-electron chi connectivity index (χ1n) is 8.72. The molecule has 1 amide bonds. The summed E-state index contributed by atoms with van der Waals surface area (Å²) in [6.07, 6.45) is 6.32. The Kier molecular flexibility index (Phi) is 4.99. The van der Waals surface area contributed by atoms with Gasteiger partial charge in [-0.25, -0.2) is 4.79 Å². The second kappa shape index (κ2) is 7.16. The van der Waals surface area contributed by atoms with Crippen molar-refractivity contribution in [2.75, 3.05) is 6.54 Å². The second-order valence-electron chi connectivity index (χ2n) is 6.92. The van der Waals surface area contributed by atoms with E-state index in [1.165, 1.54) is 5.56 Å². The summed E-state index contributed by atoms with van der Waals surface area (Å²) in [5.41, 5.74) is 1.41. The van der Waals surface area contributed by atoms with Crippen LogP contribution in [-0.4, -0.2) is 34.5 Å². The molecule has 0 unspecified atom stereocenters. The molecule has 1 saturated heterocycles. The zero-order valence-electron chi connectivity index (χ0n) is 13.5. The zero-order valence-corrected chi connectivity index (χ0v) is 13.5. The van der Waals surface area contributed by atoms with Crippen molar-refractivity contribution in [3.05, 3.63) is 35.9 Å². The van der Waals surface area contributed by atoms with Crippen LogP contribution in [0.15, 0.2) is 30.3 Å². The zero-order chi connectivity index (χ0) is 16.2. The summed E-state index contributed by atoms with van der Waals surface area (Å²) in [4.78, 5) is 25.2. The Balaban J connectivity index is 1.51. The third-order valence-corrected chi connectivity index (χ3v) is 5.44. The molecule has 0 spiro atoms. The molecule has 0 aromatic heterocycles. The number of likely N-dealkylation sites (tertiary alicyclic amines) is 1. The molecular weight excluding hydrogens is 290 g/mol. The molecule has 1 atom stereocenters. The van der Waals surface area contributed by atoms with Crippen LogP contribution in [0.3, 0.4) is 0 Å². The molecule has 1 aliphatic heterocycles. The molecule has 1 saturated carbocycles. The Hall–Kier alpha value is -1.84. The smallest absolute Gasteiger partial charge is 0.326 e. The quantitative estimate of drug-likeness (QED) is 0.926. The molecule has 0 radical (unpaired) electrons. The Bertz CT molecular complexity index is 549. The van der Waals surface area contributed by atoms with Crippen LogP contribution in [0.1, 0.15) is 56.4 Å². The first kappa shape index (κ1) is 16.0. The number of carbonyl (C=O) groups excluding carboxylic acids is 1. The van der Waals surface area contributed by atoms with E-state index in [1.54, 1.807) is 4.90 Å². The largest absolute Gasteiger partial charge is 0.480 e. The van der Waals surface area contributed by atoms with Crippen LogP contribution in [0.2, 0.25) is 0 Å². The van der Waals surface area contributed by atoms with Crippen molar-refractivity contribution in [1.82, 2.24) is 4.90 Å². The first-order chi connectivity index (χ1) is 11.1. The predicted octanol–water partition coefficient (Wildman–Crippen LogP) is 3.43. The lowest BCUT2D eigenvalue weighted by Crippen LogP contribution is -2.41. The average molecular weight is 315 g/mol. The number of benzene rings is 1. The van der Waals surface area contributed by atoms with Gasteiger partial charge >= 0.3 is 5.97 Å². The molecule has 4 nitrogen and oxygen atoms in total. The number of carboxylic acid groups (broad SMARTS) is 1. The van der Waals surface area contributed by atoms with Crippen molar-refractivity contribution in [3.63, 3.8) is 0 Å². The second-order valence-corrected chi connectivity index (χ2v) is 6.92. The minimum absolute atomic E-state index is 0.0399. The molecule has 2 aliphatic rings. The highest BCUT2D eigenvalue weighted by atomic mass is 16.4. The SMILES string of the molecule is O=C(O)[C@@H]1CCCN1C(=O)CC1CCC(c2ccccc2)CC1. The summed E-state index contributed by atoms with van der Waals surface area (Å²) in [7, 11) is 0. The van der Waals surface area contributed by atoms with E-state index in [1.807, 2.05) is 6.07 Å². The Morgan fingerprint density at radius 2 is 1.74 bits per heavy atom. The molecule has 1 aromatic rings. The summed E-state index contributed by atoms with van der Waals surface area (Å²) in [5.74, 6) is 0.209. The van der Waals surface area contributed by atoms with Crippen LogP contribution in [0.4, 0.5) is 0 Å². The van der Waals surface area contributed by atoms with Crippen molar-refractivity contribution in [1.29, 1.82) is 0 Å². The number of carbonyl (C=O) groups is 2. The summed E-state index contributed by atoms with van der Waals surface area (Å²) in [5, 5.41) is 9.21. The fourth-order valence-corrected chi connectivity index (χ4v) is 4.11. The van der Waals surface area contributed by atoms with Crippen molar-refractivity contribution >= 4 is 11.9 Å². The Morgan fingerprint density at radius 1 is 1.04 bits per heavy atom. The summed E-state index contributed by atoms with van der Waals surface area (Å²) >= 11 is 0. The van der Waals surface area contributed by atoms with Crippen LogP contribution in [0.25, 0.3) is 0 Å². The maximum Gasteiger partial charge on any atom is 0.326 e. The van der Waals surface area contributed by atoms with Gasteiger partial charge < -0.3 is 10.0 Å². The number of hydrogen-bond donors (Lipinski definition) is 1. The maximum absolute atomic E-state index is 12.4. The molecule has 23 heavy (non-hydrogen) atoms. The number of hydrogen-bond acceptors (Lipinski definition) is 2. The highest BCUT2D eigenvalue weighted by Gasteiger charge is 2.35. The highest BCUT2D eigenvalue weighted by Crippen LogP contribution is 2.37. The number of amides is 1. The summed E-state index contributed by atoms with van der Waals surface area (Å²) in [6, 6.07) is 10.0. The topological polar surface area (TPSA) is 57.6 Å².